The zero-order chi connectivity index (χ0) is 14.4. The fourth-order valence-corrected chi connectivity index (χ4v) is 2.40. The predicted molar refractivity (Wildman–Crippen MR) is 82.0 cm³/mol. The molecule has 4 nitrogen and oxygen atoms in total. The highest BCUT2D eigenvalue weighted by molar-refractivity contribution is 9.10. The van der Waals surface area contributed by atoms with E-state index in [1.165, 1.54) is 5.56 Å². The maximum atomic E-state index is 5.80. The molecule has 0 fully saturated rings. The molecule has 0 radical (unpaired) electrons. The van der Waals surface area contributed by atoms with Crippen LogP contribution < -0.4 is 15.2 Å². The Balaban J connectivity index is 2.07. The number of hydrogen-bond acceptors (Lipinski definition) is 4. The standard InChI is InChI=1S/C15H17BrN2O2/c1-19-15-12(3-2-8-18-15)10-20-14-5-4-11(6-7-17)9-13(14)16/h2-5,8-9H,6-7,10,17H2,1H3. The van der Waals surface area contributed by atoms with Gasteiger partial charge in [0.1, 0.15) is 12.4 Å². The summed E-state index contributed by atoms with van der Waals surface area (Å²) in [7, 11) is 1.60. The van der Waals surface area contributed by atoms with Crippen LogP contribution in [0.3, 0.4) is 0 Å². The van der Waals surface area contributed by atoms with Crippen LogP contribution in [0.25, 0.3) is 0 Å². The van der Waals surface area contributed by atoms with Gasteiger partial charge in [-0.05, 0) is 58.7 Å². The molecule has 1 heterocycles. The quantitative estimate of drug-likeness (QED) is 0.881. The molecule has 2 N–H and O–H groups in total. The molecule has 2 aromatic rings. The Morgan fingerprint density at radius 1 is 1.30 bits per heavy atom. The molecular formula is C15H17BrN2O2. The highest BCUT2D eigenvalue weighted by Crippen LogP contribution is 2.27. The number of rotatable bonds is 6. The third-order valence-corrected chi connectivity index (χ3v) is 3.48. The van der Waals surface area contributed by atoms with E-state index in [2.05, 4.69) is 20.9 Å². The lowest BCUT2D eigenvalue weighted by molar-refractivity contribution is 0.292. The maximum Gasteiger partial charge on any atom is 0.219 e. The molecule has 0 atom stereocenters. The molecule has 0 unspecified atom stereocenters. The van der Waals surface area contributed by atoms with E-state index in [0.717, 1.165) is 22.2 Å². The van der Waals surface area contributed by atoms with Crippen molar-refractivity contribution in [1.29, 1.82) is 0 Å². The van der Waals surface area contributed by atoms with E-state index in [9.17, 15) is 0 Å². The van der Waals surface area contributed by atoms with Crippen molar-refractivity contribution < 1.29 is 9.47 Å². The zero-order valence-electron chi connectivity index (χ0n) is 11.3. The second-order valence-corrected chi connectivity index (χ2v) is 5.12. The molecule has 0 amide bonds. The topological polar surface area (TPSA) is 57.4 Å². The van der Waals surface area contributed by atoms with Crippen molar-refractivity contribution in [3.8, 4) is 11.6 Å². The third-order valence-electron chi connectivity index (χ3n) is 2.86. The number of hydrogen-bond donors (Lipinski definition) is 1. The van der Waals surface area contributed by atoms with Crippen molar-refractivity contribution >= 4 is 15.9 Å². The minimum atomic E-state index is 0.409. The van der Waals surface area contributed by atoms with E-state index < -0.39 is 0 Å². The van der Waals surface area contributed by atoms with Crippen molar-refractivity contribution in [2.75, 3.05) is 13.7 Å². The SMILES string of the molecule is COc1ncccc1COc1ccc(CCN)cc1Br. The highest BCUT2D eigenvalue weighted by atomic mass is 79.9. The number of benzene rings is 1. The summed E-state index contributed by atoms with van der Waals surface area (Å²) in [6, 6.07) is 9.79. The Bertz CT molecular complexity index is 576. The summed E-state index contributed by atoms with van der Waals surface area (Å²) in [5.74, 6) is 1.38. The van der Waals surface area contributed by atoms with Crippen LogP contribution in [-0.2, 0) is 13.0 Å². The maximum absolute atomic E-state index is 5.80. The number of nitrogens with zero attached hydrogens (tertiary/aromatic N) is 1. The monoisotopic (exact) mass is 336 g/mol. The Labute approximate surface area is 127 Å². The van der Waals surface area contributed by atoms with E-state index in [-0.39, 0.29) is 0 Å². The Morgan fingerprint density at radius 2 is 2.15 bits per heavy atom. The molecule has 0 spiro atoms. The summed E-state index contributed by atoms with van der Waals surface area (Å²) < 4.78 is 11.9. The molecule has 106 valence electrons. The molecule has 5 heteroatoms. The van der Waals surface area contributed by atoms with Crippen molar-refractivity contribution in [1.82, 2.24) is 4.98 Å². The summed E-state index contributed by atoms with van der Waals surface area (Å²) in [5, 5.41) is 0. The normalized spacial score (nSPS) is 10.3. The van der Waals surface area contributed by atoms with Gasteiger partial charge in [0.2, 0.25) is 5.88 Å². The van der Waals surface area contributed by atoms with Gasteiger partial charge in [-0.1, -0.05) is 6.07 Å². The average molecular weight is 337 g/mol. The minimum absolute atomic E-state index is 0.409. The predicted octanol–water partition coefficient (Wildman–Crippen LogP) is 2.93. The molecular weight excluding hydrogens is 320 g/mol. The molecule has 0 bridgehead atoms. The van der Waals surface area contributed by atoms with Crippen LogP contribution >= 0.6 is 15.9 Å². The van der Waals surface area contributed by atoms with Crippen LogP contribution in [0.1, 0.15) is 11.1 Å². The van der Waals surface area contributed by atoms with Crippen LogP contribution in [0.2, 0.25) is 0 Å². The molecule has 1 aromatic carbocycles. The first kappa shape index (κ1) is 14.8. The first-order valence-corrected chi connectivity index (χ1v) is 7.13. The van der Waals surface area contributed by atoms with Crippen molar-refractivity contribution in [2.24, 2.45) is 5.73 Å². The van der Waals surface area contributed by atoms with Crippen molar-refractivity contribution in [2.45, 2.75) is 13.0 Å². The molecule has 0 aliphatic rings. The highest BCUT2D eigenvalue weighted by Gasteiger charge is 2.07. The van der Waals surface area contributed by atoms with Gasteiger partial charge in [0.05, 0.1) is 17.1 Å². The summed E-state index contributed by atoms with van der Waals surface area (Å²) >= 11 is 3.51. The zero-order valence-corrected chi connectivity index (χ0v) is 12.9. The van der Waals surface area contributed by atoms with Crippen LogP contribution in [0, 0.1) is 0 Å². The second kappa shape index (κ2) is 7.26. The van der Waals surface area contributed by atoms with Crippen LogP contribution in [-0.4, -0.2) is 18.6 Å². The molecule has 0 aliphatic heterocycles. The lowest BCUT2D eigenvalue weighted by Crippen LogP contribution is -2.03. The number of aromatic nitrogens is 1. The van der Waals surface area contributed by atoms with E-state index in [4.69, 9.17) is 15.2 Å². The molecule has 0 aliphatic carbocycles. The Hall–Kier alpha value is -1.59. The number of halogens is 1. The summed E-state index contributed by atoms with van der Waals surface area (Å²) in [6.07, 6.45) is 2.55. The lowest BCUT2D eigenvalue weighted by Gasteiger charge is -2.11. The third kappa shape index (κ3) is 3.71. The summed E-state index contributed by atoms with van der Waals surface area (Å²) in [6.45, 7) is 1.05. The van der Waals surface area contributed by atoms with E-state index in [1.54, 1.807) is 13.3 Å². The Morgan fingerprint density at radius 3 is 2.85 bits per heavy atom. The first-order chi connectivity index (χ1) is 9.74. The number of nitrogens with two attached hydrogens (primary N) is 1. The molecule has 2 rings (SSSR count). The van der Waals surface area contributed by atoms with Gasteiger partial charge in [-0.2, -0.15) is 0 Å². The van der Waals surface area contributed by atoms with Gasteiger partial charge in [0.25, 0.3) is 0 Å². The molecule has 1 aromatic heterocycles. The number of ether oxygens (including phenoxy) is 2. The van der Waals surface area contributed by atoms with Crippen LogP contribution in [0.4, 0.5) is 0 Å². The summed E-state index contributed by atoms with van der Waals surface area (Å²) in [5.41, 5.74) is 7.64. The van der Waals surface area contributed by atoms with Gasteiger partial charge in [0.15, 0.2) is 0 Å². The van der Waals surface area contributed by atoms with Gasteiger partial charge >= 0.3 is 0 Å². The van der Waals surface area contributed by atoms with Crippen molar-refractivity contribution in [3.63, 3.8) is 0 Å². The van der Waals surface area contributed by atoms with Gasteiger partial charge in [0, 0.05) is 6.20 Å². The lowest BCUT2D eigenvalue weighted by atomic mass is 10.1. The first-order valence-electron chi connectivity index (χ1n) is 6.33. The molecule has 20 heavy (non-hydrogen) atoms. The van der Waals surface area contributed by atoms with Crippen LogP contribution in [0.15, 0.2) is 41.0 Å². The van der Waals surface area contributed by atoms with Gasteiger partial charge < -0.3 is 15.2 Å². The van der Waals surface area contributed by atoms with Gasteiger partial charge in [-0.15, -0.1) is 0 Å². The second-order valence-electron chi connectivity index (χ2n) is 4.26. The Kier molecular flexibility index (Phi) is 5.38. The summed E-state index contributed by atoms with van der Waals surface area (Å²) in [4.78, 5) is 4.14. The van der Waals surface area contributed by atoms with Crippen LogP contribution in [0.5, 0.6) is 11.6 Å². The molecule has 0 saturated heterocycles. The smallest absolute Gasteiger partial charge is 0.219 e. The largest absolute Gasteiger partial charge is 0.488 e. The number of methoxy groups -OCH3 is 1. The van der Waals surface area contributed by atoms with Gasteiger partial charge in [-0.3, -0.25) is 0 Å². The van der Waals surface area contributed by atoms with E-state index in [1.807, 2.05) is 30.3 Å². The van der Waals surface area contributed by atoms with Gasteiger partial charge in [-0.25, -0.2) is 4.98 Å². The van der Waals surface area contributed by atoms with E-state index >= 15 is 0 Å². The van der Waals surface area contributed by atoms with Crippen molar-refractivity contribution in [3.05, 3.63) is 52.1 Å². The number of pyridine rings is 1. The fourth-order valence-electron chi connectivity index (χ4n) is 1.86. The minimum Gasteiger partial charge on any atom is -0.488 e. The average Bonchev–Trinajstić information content (AvgIpc) is 2.47. The fraction of sp³-hybridized carbons (Fsp3) is 0.267. The molecule has 0 saturated carbocycles. The van der Waals surface area contributed by atoms with E-state index in [0.29, 0.717) is 19.0 Å².